The molecular weight excluding hydrogens is 354 g/mol. The summed E-state index contributed by atoms with van der Waals surface area (Å²) >= 11 is 0. The van der Waals surface area contributed by atoms with Gasteiger partial charge in [0.1, 0.15) is 0 Å². The summed E-state index contributed by atoms with van der Waals surface area (Å²) in [6.45, 7) is 0. The van der Waals surface area contributed by atoms with Crippen molar-refractivity contribution < 1.29 is 66.7 Å². The molecule has 0 rings (SSSR count). The molecule has 0 aliphatic heterocycles. The normalized spacial score (nSPS) is 0. The van der Waals surface area contributed by atoms with Gasteiger partial charge in [-0.25, -0.2) is 0 Å². The minimum Gasteiger partial charge on any atom is -2.00 e. The van der Waals surface area contributed by atoms with Crippen molar-refractivity contribution in [1.29, 1.82) is 0 Å². The minimum absolute atomic E-state index is 0. The van der Waals surface area contributed by atoms with Crippen molar-refractivity contribution in [3.8, 4) is 0 Å². The van der Waals surface area contributed by atoms with Gasteiger partial charge >= 0.3 is 44.8 Å². The molecule has 0 radical (unpaired) electrons. The summed E-state index contributed by atoms with van der Waals surface area (Å²) in [5, 5.41) is 0. The van der Waals surface area contributed by atoms with Gasteiger partial charge in [-0.3, -0.25) is 0 Å². The molecule has 0 aromatic rings. The van der Waals surface area contributed by atoms with E-state index < -0.39 is 0 Å². The maximum absolute atomic E-state index is 0. The zero-order valence-corrected chi connectivity index (χ0v) is 6.75. The maximum Gasteiger partial charge on any atom is 5.00 e. The number of hydrogen-bond acceptors (Lipinski definition) is 0. The first-order valence-corrected chi connectivity index (χ1v) is 0. The average molecular weight is 354 g/mol. The SMILES string of the molecule is [Au+3].[Nb+5].[O-2].[O-2].[O-2].[O-2]. The molecule has 0 aromatic carbocycles. The van der Waals surface area contributed by atoms with Crippen molar-refractivity contribution in [2.75, 3.05) is 0 Å². The Morgan fingerprint density at radius 2 is 0.500 bits per heavy atom. The van der Waals surface area contributed by atoms with Crippen molar-refractivity contribution in [1.82, 2.24) is 0 Å². The molecular formula is AuNbO4. The van der Waals surface area contributed by atoms with Crippen LogP contribution in [0.2, 0.25) is 0 Å². The van der Waals surface area contributed by atoms with Crippen LogP contribution >= 0.6 is 0 Å². The van der Waals surface area contributed by atoms with Gasteiger partial charge in [-0.1, -0.05) is 0 Å². The van der Waals surface area contributed by atoms with Crippen LogP contribution in [0.5, 0.6) is 0 Å². The van der Waals surface area contributed by atoms with E-state index in [9.17, 15) is 0 Å². The second-order valence-electron chi connectivity index (χ2n) is 0. The largest absolute Gasteiger partial charge is 5.00 e. The molecule has 4 nitrogen and oxygen atoms in total. The summed E-state index contributed by atoms with van der Waals surface area (Å²) in [6, 6.07) is 0. The van der Waals surface area contributed by atoms with E-state index in [1.54, 1.807) is 0 Å². The Labute approximate surface area is 66.6 Å². The van der Waals surface area contributed by atoms with Gasteiger partial charge in [0, 0.05) is 0 Å². The molecule has 0 aliphatic carbocycles. The Bertz CT molecular complexity index is 7.51. The van der Waals surface area contributed by atoms with E-state index >= 15 is 0 Å². The van der Waals surface area contributed by atoms with Gasteiger partial charge in [0.05, 0.1) is 0 Å². The molecule has 0 spiro atoms. The van der Waals surface area contributed by atoms with Gasteiger partial charge in [-0.05, 0) is 0 Å². The van der Waals surface area contributed by atoms with Crippen LogP contribution in [-0.2, 0) is 66.7 Å². The van der Waals surface area contributed by atoms with Crippen molar-refractivity contribution in [2.45, 2.75) is 0 Å². The van der Waals surface area contributed by atoms with Gasteiger partial charge < -0.3 is 21.9 Å². The Morgan fingerprint density at radius 3 is 0.500 bits per heavy atom. The molecule has 0 saturated carbocycles. The fraction of sp³-hybridized carbons (Fsp3) is 0. The van der Waals surface area contributed by atoms with Crippen LogP contribution in [0.3, 0.4) is 0 Å². The van der Waals surface area contributed by atoms with Gasteiger partial charge in [-0.15, -0.1) is 0 Å². The van der Waals surface area contributed by atoms with E-state index in [-0.39, 0.29) is 66.7 Å². The predicted molar refractivity (Wildman–Crippen MR) is 2.75 cm³/mol. The fourth-order valence-electron chi connectivity index (χ4n) is 0. The van der Waals surface area contributed by atoms with Crippen LogP contribution in [0.1, 0.15) is 0 Å². The molecule has 0 unspecified atom stereocenters. The first kappa shape index (κ1) is 168. The molecule has 0 amide bonds. The first-order chi connectivity index (χ1) is 0. The van der Waals surface area contributed by atoms with Crippen LogP contribution in [0.4, 0.5) is 0 Å². The fourth-order valence-corrected chi connectivity index (χ4v) is 0. The van der Waals surface area contributed by atoms with E-state index in [1.165, 1.54) is 0 Å². The Hall–Kier alpha value is 1.32. The van der Waals surface area contributed by atoms with E-state index in [1.807, 2.05) is 0 Å². The summed E-state index contributed by atoms with van der Waals surface area (Å²) in [6.07, 6.45) is 0. The molecule has 6 heteroatoms. The number of hydrogen-bond donors (Lipinski definition) is 0. The van der Waals surface area contributed by atoms with E-state index in [0.29, 0.717) is 0 Å². The van der Waals surface area contributed by atoms with Gasteiger partial charge in [0.25, 0.3) is 0 Å². The van der Waals surface area contributed by atoms with Crippen molar-refractivity contribution in [2.24, 2.45) is 0 Å². The minimum atomic E-state index is 0. The summed E-state index contributed by atoms with van der Waals surface area (Å²) in [4.78, 5) is 0. The number of rotatable bonds is 0. The monoisotopic (exact) mass is 354 g/mol. The van der Waals surface area contributed by atoms with Gasteiger partial charge in [0.2, 0.25) is 0 Å². The van der Waals surface area contributed by atoms with Crippen molar-refractivity contribution in [3.05, 3.63) is 0 Å². The topological polar surface area (TPSA) is 114 Å². The van der Waals surface area contributed by atoms with Crippen LogP contribution < -0.4 is 0 Å². The quantitative estimate of drug-likeness (QED) is 0.523. The van der Waals surface area contributed by atoms with Crippen LogP contribution in [0, 0.1) is 0 Å². The molecule has 0 saturated heterocycles. The molecule has 0 heterocycles. The molecule has 6 heavy (non-hydrogen) atoms. The Morgan fingerprint density at radius 1 is 0.500 bits per heavy atom. The van der Waals surface area contributed by atoms with Crippen LogP contribution in [0.25, 0.3) is 0 Å². The van der Waals surface area contributed by atoms with E-state index in [0.717, 1.165) is 0 Å². The summed E-state index contributed by atoms with van der Waals surface area (Å²) in [5.41, 5.74) is 0. The summed E-state index contributed by atoms with van der Waals surface area (Å²) in [7, 11) is 0. The third kappa shape index (κ3) is 57.0. The summed E-state index contributed by atoms with van der Waals surface area (Å²) in [5.74, 6) is 0. The van der Waals surface area contributed by atoms with Gasteiger partial charge in [0.15, 0.2) is 0 Å². The first-order valence-electron chi connectivity index (χ1n) is 0. The zero-order chi connectivity index (χ0) is 0. The second-order valence-corrected chi connectivity index (χ2v) is 0. The standard InChI is InChI=1S/Au.Nb.4O/q+3;+5;4*-2. The van der Waals surface area contributed by atoms with Crippen LogP contribution in [0.15, 0.2) is 0 Å². The Balaban J connectivity index is 0. The van der Waals surface area contributed by atoms with E-state index in [4.69, 9.17) is 0 Å². The molecule has 0 aromatic heterocycles. The van der Waals surface area contributed by atoms with Crippen LogP contribution in [-0.4, -0.2) is 0 Å². The third-order valence-corrected chi connectivity index (χ3v) is 0. The molecule has 0 bridgehead atoms. The Kier molecular flexibility index (Phi) is 2870. The maximum atomic E-state index is 0. The average Bonchev–Trinajstić information content (AvgIpc) is 0. The zero-order valence-electron chi connectivity index (χ0n) is 2.38. The predicted octanol–water partition coefficient (Wildman–Crippen LogP) is -0.480. The van der Waals surface area contributed by atoms with Crippen molar-refractivity contribution >= 4 is 0 Å². The summed E-state index contributed by atoms with van der Waals surface area (Å²) < 4.78 is 0. The third-order valence-electron chi connectivity index (χ3n) is 0. The second kappa shape index (κ2) is 103. The molecule has 0 fully saturated rings. The molecule has 0 aliphatic rings. The smallest absolute Gasteiger partial charge is 2.00 e. The molecule has 0 atom stereocenters. The molecule has 40 valence electrons. The van der Waals surface area contributed by atoms with Crippen molar-refractivity contribution in [3.63, 3.8) is 0 Å². The van der Waals surface area contributed by atoms with E-state index in [2.05, 4.69) is 0 Å². The van der Waals surface area contributed by atoms with Gasteiger partial charge in [-0.2, -0.15) is 0 Å². The molecule has 0 N–H and O–H groups in total.